The van der Waals surface area contributed by atoms with Crippen molar-refractivity contribution in [3.8, 4) is 0 Å². The first-order valence-electron chi connectivity index (χ1n) is 2.31. The molecule has 1 nitrogen and oxygen atoms in total. The zero-order valence-electron chi connectivity index (χ0n) is 4.15. The van der Waals surface area contributed by atoms with E-state index in [1.165, 1.54) is 0 Å². The second-order valence-corrected chi connectivity index (χ2v) is 4.04. The number of aldehydes is 1. The van der Waals surface area contributed by atoms with Gasteiger partial charge in [-0.1, -0.05) is 15.9 Å². The number of hydrogen-bond acceptors (Lipinski definition) is 1. The van der Waals surface area contributed by atoms with Gasteiger partial charge in [0.25, 0.3) is 0 Å². The summed E-state index contributed by atoms with van der Waals surface area (Å²) in [6.07, 6.45) is 2.02. The van der Waals surface area contributed by atoms with E-state index in [4.69, 9.17) is 0 Å². The van der Waals surface area contributed by atoms with E-state index in [-0.39, 0.29) is 10.2 Å². The monoisotopic (exact) mass is 162 g/mol. The van der Waals surface area contributed by atoms with Crippen LogP contribution >= 0.6 is 15.9 Å². The molecule has 40 valence electrons. The highest BCUT2D eigenvalue weighted by Gasteiger charge is 2.47. The molecule has 7 heavy (non-hydrogen) atoms. The summed E-state index contributed by atoms with van der Waals surface area (Å²) in [6.45, 7) is 2.03. The van der Waals surface area contributed by atoms with Crippen LogP contribution in [0.4, 0.5) is 0 Å². The average Bonchev–Trinajstić information content (AvgIpc) is 2.13. The fraction of sp³-hybridized carbons (Fsp3) is 0.800. The van der Waals surface area contributed by atoms with Gasteiger partial charge in [-0.05, 0) is 13.3 Å². The highest BCUT2D eigenvalue weighted by molar-refractivity contribution is 9.10. The predicted molar refractivity (Wildman–Crippen MR) is 31.5 cm³/mol. The van der Waals surface area contributed by atoms with Crippen molar-refractivity contribution in [3.05, 3.63) is 0 Å². The molecule has 1 aliphatic carbocycles. The Kier molecular flexibility index (Phi) is 0.991. The first-order chi connectivity index (χ1) is 3.17. The van der Waals surface area contributed by atoms with Crippen LogP contribution in [0.25, 0.3) is 0 Å². The van der Waals surface area contributed by atoms with Crippen LogP contribution in [0.1, 0.15) is 13.3 Å². The third-order valence-corrected chi connectivity index (χ3v) is 2.31. The van der Waals surface area contributed by atoms with Gasteiger partial charge in [0.15, 0.2) is 0 Å². The number of alkyl halides is 1. The maximum absolute atomic E-state index is 9.95. The molecular formula is C5H7BrO. The number of hydrogen-bond donors (Lipinski definition) is 0. The Morgan fingerprint density at radius 1 is 2.00 bits per heavy atom. The van der Waals surface area contributed by atoms with Gasteiger partial charge in [0.1, 0.15) is 6.29 Å². The summed E-state index contributed by atoms with van der Waals surface area (Å²) in [4.78, 5) is 9.95. The second kappa shape index (κ2) is 1.31. The Labute approximate surface area is 51.2 Å². The van der Waals surface area contributed by atoms with Gasteiger partial charge < -0.3 is 4.79 Å². The molecule has 0 amide bonds. The van der Waals surface area contributed by atoms with Crippen LogP contribution in [-0.2, 0) is 4.79 Å². The highest BCUT2D eigenvalue weighted by atomic mass is 79.9. The minimum atomic E-state index is 0.161. The largest absolute Gasteiger partial charge is 0.303 e. The summed E-state index contributed by atoms with van der Waals surface area (Å²) in [6, 6.07) is 0. The molecule has 0 aromatic carbocycles. The van der Waals surface area contributed by atoms with Crippen LogP contribution in [0.15, 0.2) is 0 Å². The van der Waals surface area contributed by atoms with Crippen molar-refractivity contribution in [1.82, 2.24) is 0 Å². The quantitative estimate of drug-likeness (QED) is 0.421. The molecule has 0 aliphatic heterocycles. The van der Waals surface area contributed by atoms with Crippen molar-refractivity contribution >= 4 is 22.2 Å². The van der Waals surface area contributed by atoms with Crippen LogP contribution in [-0.4, -0.2) is 10.6 Å². The molecule has 1 saturated carbocycles. The van der Waals surface area contributed by atoms with E-state index in [1.54, 1.807) is 0 Å². The van der Waals surface area contributed by atoms with Gasteiger partial charge in [-0.3, -0.25) is 0 Å². The highest BCUT2D eigenvalue weighted by Crippen LogP contribution is 2.49. The minimum absolute atomic E-state index is 0.161. The number of carbonyl (C=O) groups excluding carboxylic acids is 1. The summed E-state index contributed by atoms with van der Waals surface area (Å²) in [5.41, 5.74) is 0. The van der Waals surface area contributed by atoms with Crippen molar-refractivity contribution in [1.29, 1.82) is 0 Å². The van der Waals surface area contributed by atoms with E-state index in [9.17, 15) is 4.79 Å². The van der Waals surface area contributed by atoms with Gasteiger partial charge in [-0.2, -0.15) is 0 Å². The average molecular weight is 163 g/mol. The summed E-state index contributed by atoms with van der Waals surface area (Å²) in [5, 5.41) is 0. The first kappa shape index (κ1) is 5.29. The standard InChI is InChI=1S/C5H7BrO/c1-5(6)2-4(5)3-7/h3-4H,2H2,1H3/t4-,5+/m0/s1. The molecule has 0 heterocycles. The molecule has 2 atom stereocenters. The van der Waals surface area contributed by atoms with Crippen LogP contribution in [0.3, 0.4) is 0 Å². The smallest absolute Gasteiger partial charge is 0.124 e. The van der Waals surface area contributed by atoms with Gasteiger partial charge >= 0.3 is 0 Å². The fourth-order valence-corrected chi connectivity index (χ4v) is 1.02. The van der Waals surface area contributed by atoms with Gasteiger partial charge in [0.2, 0.25) is 0 Å². The van der Waals surface area contributed by atoms with Crippen LogP contribution in [0, 0.1) is 5.92 Å². The van der Waals surface area contributed by atoms with Crippen molar-refractivity contribution < 1.29 is 4.79 Å². The number of rotatable bonds is 1. The topological polar surface area (TPSA) is 17.1 Å². The molecule has 1 rings (SSSR count). The zero-order chi connectivity index (χ0) is 5.49. The van der Waals surface area contributed by atoms with Crippen molar-refractivity contribution in [2.45, 2.75) is 17.7 Å². The lowest BCUT2D eigenvalue weighted by atomic mass is 10.4. The molecule has 0 aromatic rings. The summed E-state index contributed by atoms with van der Waals surface area (Å²) in [5.74, 6) is 0.285. The van der Waals surface area contributed by atoms with E-state index >= 15 is 0 Å². The van der Waals surface area contributed by atoms with Crippen molar-refractivity contribution in [3.63, 3.8) is 0 Å². The molecule has 0 saturated heterocycles. The maximum Gasteiger partial charge on any atom is 0.124 e. The van der Waals surface area contributed by atoms with Crippen LogP contribution in [0.5, 0.6) is 0 Å². The summed E-state index contributed by atoms with van der Waals surface area (Å²) in [7, 11) is 0. The van der Waals surface area contributed by atoms with Crippen LogP contribution < -0.4 is 0 Å². The van der Waals surface area contributed by atoms with Gasteiger partial charge in [-0.15, -0.1) is 0 Å². The van der Waals surface area contributed by atoms with E-state index < -0.39 is 0 Å². The van der Waals surface area contributed by atoms with E-state index in [0.29, 0.717) is 0 Å². The van der Waals surface area contributed by atoms with E-state index in [1.807, 2.05) is 6.92 Å². The molecule has 0 aromatic heterocycles. The Hall–Kier alpha value is 0.150. The molecular weight excluding hydrogens is 156 g/mol. The van der Waals surface area contributed by atoms with Gasteiger partial charge in [0.05, 0.1) is 0 Å². The molecule has 1 fully saturated rings. The molecule has 1 aliphatic rings. The third-order valence-electron chi connectivity index (χ3n) is 1.40. The van der Waals surface area contributed by atoms with Gasteiger partial charge in [0, 0.05) is 10.2 Å². The second-order valence-electron chi connectivity index (χ2n) is 2.22. The predicted octanol–water partition coefficient (Wildman–Crippen LogP) is 1.36. The number of carbonyl (C=O) groups is 1. The summed E-state index contributed by atoms with van der Waals surface area (Å²) < 4.78 is 0.161. The molecule has 0 unspecified atom stereocenters. The van der Waals surface area contributed by atoms with Crippen molar-refractivity contribution in [2.75, 3.05) is 0 Å². The Balaban J connectivity index is 2.44. The lowest BCUT2D eigenvalue weighted by molar-refractivity contribution is -0.108. The molecule has 0 radical (unpaired) electrons. The molecule has 0 spiro atoms. The molecule has 0 bridgehead atoms. The third kappa shape index (κ3) is 0.852. The molecule has 2 heteroatoms. The lowest BCUT2D eigenvalue weighted by Crippen LogP contribution is -1.92. The Morgan fingerprint density at radius 2 is 2.43 bits per heavy atom. The van der Waals surface area contributed by atoms with Crippen molar-refractivity contribution in [2.24, 2.45) is 5.92 Å². The Bertz CT molecular complexity index is 98.3. The van der Waals surface area contributed by atoms with E-state index in [2.05, 4.69) is 15.9 Å². The lowest BCUT2D eigenvalue weighted by Gasteiger charge is -1.88. The van der Waals surface area contributed by atoms with E-state index in [0.717, 1.165) is 12.7 Å². The van der Waals surface area contributed by atoms with Crippen LogP contribution in [0.2, 0.25) is 0 Å². The van der Waals surface area contributed by atoms with Gasteiger partial charge in [-0.25, -0.2) is 0 Å². The fourth-order valence-electron chi connectivity index (χ4n) is 0.561. The maximum atomic E-state index is 9.95. The zero-order valence-corrected chi connectivity index (χ0v) is 5.73. The number of halogens is 1. The minimum Gasteiger partial charge on any atom is -0.303 e. The SMILES string of the molecule is C[C@@]1(Br)C[C@H]1C=O. The summed E-state index contributed by atoms with van der Waals surface area (Å²) >= 11 is 3.38. The normalized spacial score (nSPS) is 48.6. The molecule has 0 N–H and O–H groups in total. The Morgan fingerprint density at radius 3 is 2.43 bits per heavy atom. The first-order valence-corrected chi connectivity index (χ1v) is 3.10.